The summed E-state index contributed by atoms with van der Waals surface area (Å²) in [6.45, 7) is 11.1. The van der Waals surface area contributed by atoms with Gasteiger partial charge in [-0.15, -0.1) is 0 Å². The highest BCUT2D eigenvalue weighted by molar-refractivity contribution is 5.66. The molecule has 0 aliphatic heterocycles. The largest absolute Gasteiger partial charge is 0.481 e. The van der Waals surface area contributed by atoms with Gasteiger partial charge in [0.15, 0.2) is 0 Å². The molecule has 2 nitrogen and oxygen atoms in total. The van der Waals surface area contributed by atoms with Gasteiger partial charge >= 0.3 is 5.97 Å². The zero-order chi connectivity index (χ0) is 40.1. The van der Waals surface area contributed by atoms with Gasteiger partial charge in [-0.1, -0.05) is 223 Å². The number of allylic oxidation sites excluding steroid dienone is 12. The summed E-state index contributed by atoms with van der Waals surface area (Å²) < 4.78 is 0. The molecule has 0 aliphatic rings. The fourth-order valence-electron chi connectivity index (χ4n) is 5.97. The summed E-state index contributed by atoms with van der Waals surface area (Å²) in [5.74, 6) is -0.671. The second-order valence-electron chi connectivity index (χ2n) is 15.1. The maximum atomic E-state index is 10.3. The maximum absolute atomic E-state index is 10.3. The minimum Gasteiger partial charge on any atom is -0.481 e. The van der Waals surface area contributed by atoms with Crippen LogP contribution < -0.4 is 0 Å². The molecule has 0 unspecified atom stereocenters. The van der Waals surface area contributed by atoms with Crippen LogP contribution in [0, 0.1) is 0 Å². The van der Waals surface area contributed by atoms with Crippen molar-refractivity contribution in [2.45, 2.75) is 253 Å². The molecule has 0 saturated carbocycles. The molecule has 0 radical (unpaired) electrons. The van der Waals surface area contributed by atoms with E-state index < -0.39 is 5.97 Å². The van der Waals surface area contributed by atoms with Crippen molar-refractivity contribution in [1.29, 1.82) is 0 Å². The van der Waals surface area contributed by atoms with Crippen LogP contribution in [0.4, 0.5) is 0 Å². The van der Waals surface area contributed by atoms with E-state index in [0.717, 1.165) is 38.5 Å². The zero-order valence-electron chi connectivity index (χ0n) is 37.3. The lowest BCUT2D eigenvalue weighted by Gasteiger charge is -2.01. The molecular formula is C52H96O2. The van der Waals surface area contributed by atoms with Crippen LogP contribution in [0.3, 0.4) is 0 Å². The smallest absolute Gasteiger partial charge is 0.303 e. The minimum absolute atomic E-state index is 0.324. The summed E-state index contributed by atoms with van der Waals surface area (Å²) >= 11 is 0. The summed E-state index contributed by atoms with van der Waals surface area (Å²) in [6.07, 6.45) is 70.4. The molecule has 0 saturated heterocycles. The van der Waals surface area contributed by atoms with E-state index in [2.05, 4.69) is 108 Å². The quantitative estimate of drug-likeness (QED) is 0.0504. The molecule has 0 aromatic rings. The average molecular weight is 753 g/mol. The molecule has 0 atom stereocenters. The standard InChI is InChI=1S/C23H44.C18H32O2.C11H20/c1-3-5-7-9-11-13-15-17-19-21-23-22-20-18-16-14-12-10-8-6-4-2;1-2-3-4-5-6-7-8-9-10-11-12-13-14-15-16-17-18(19)20;1-3-5-7-9-11-10-8-6-4-2/h11,13,17,19H,3-10,12,14-16,18,20-23H2,1-2H3;6-7,9-10H,2-5,8,11-17H2,1H3,(H,19,20);3,5,9,11H,4,6-8,10H2,1-2H3/b13-11+,19-17+;7-6+,10-9+;5-3-,11-9+. The maximum Gasteiger partial charge on any atom is 0.303 e. The molecular weight excluding hydrogens is 657 g/mol. The van der Waals surface area contributed by atoms with Gasteiger partial charge in [0.05, 0.1) is 0 Å². The fraction of sp³-hybridized carbons (Fsp3) is 0.750. The second-order valence-corrected chi connectivity index (χ2v) is 15.1. The third-order valence-electron chi connectivity index (χ3n) is 9.54. The van der Waals surface area contributed by atoms with Gasteiger partial charge in [-0.3, -0.25) is 4.79 Å². The Labute approximate surface area is 340 Å². The number of unbranched alkanes of at least 4 members (excludes halogenated alkanes) is 25. The normalized spacial score (nSPS) is 11.8. The van der Waals surface area contributed by atoms with Crippen molar-refractivity contribution in [2.24, 2.45) is 0 Å². The van der Waals surface area contributed by atoms with Crippen molar-refractivity contribution in [3.63, 3.8) is 0 Å². The molecule has 316 valence electrons. The van der Waals surface area contributed by atoms with Gasteiger partial charge in [0, 0.05) is 6.42 Å². The first-order chi connectivity index (χ1) is 26.6. The number of rotatable bonds is 38. The van der Waals surface area contributed by atoms with Crippen molar-refractivity contribution >= 4 is 5.97 Å². The Kier molecular flexibility index (Phi) is 60.0. The number of carboxylic acids is 1. The van der Waals surface area contributed by atoms with Gasteiger partial charge in [0.1, 0.15) is 0 Å². The first-order valence-corrected chi connectivity index (χ1v) is 23.7. The molecule has 0 amide bonds. The molecule has 54 heavy (non-hydrogen) atoms. The van der Waals surface area contributed by atoms with E-state index in [4.69, 9.17) is 5.11 Å². The molecule has 0 bridgehead atoms. The van der Waals surface area contributed by atoms with Gasteiger partial charge in [-0.2, -0.15) is 0 Å². The van der Waals surface area contributed by atoms with E-state index >= 15 is 0 Å². The van der Waals surface area contributed by atoms with E-state index in [1.165, 1.54) is 173 Å². The van der Waals surface area contributed by atoms with Gasteiger partial charge < -0.3 is 5.11 Å². The van der Waals surface area contributed by atoms with E-state index in [-0.39, 0.29) is 0 Å². The molecule has 1 N–H and O–H groups in total. The highest BCUT2D eigenvalue weighted by atomic mass is 16.4. The van der Waals surface area contributed by atoms with Crippen molar-refractivity contribution in [2.75, 3.05) is 0 Å². The highest BCUT2D eigenvalue weighted by Gasteiger charge is 1.96. The third-order valence-corrected chi connectivity index (χ3v) is 9.54. The molecule has 0 aromatic carbocycles. The second kappa shape index (κ2) is 57.6. The summed E-state index contributed by atoms with van der Waals surface area (Å²) in [6, 6.07) is 0. The molecule has 0 aliphatic carbocycles. The van der Waals surface area contributed by atoms with Crippen molar-refractivity contribution in [3.8, 4) is 0 Å². The number of carbonyl (C=O) groups is 1. The number of hydrogen-bond donors (Lipinski definition) is 1. The Hall–Kier alpha value is -2.09. The molecule has 0 aromatic heterocycles. The number of carboxylic acid groups (broad SMARTS) is 1. The summed E-state index contributed by atoms with van der Waals surface area (Å²) in [5, 5.41) is 8.50. The van der Waals surface area contributed by atoms with Crippen LogP contribution in [0.25, 0.3) is 0 Å². The van der Waals surface area contributed by atoms with Crippen LogP contribution in [0.5, 0.6) is 0 Å². The van der Waals surface area contributed by atoms with Gasteiger partial charge in [-0.05, 0) is 96.8 Å². The lowest BCUT2D eigenvalue weighted by Crippen LogP contribution is -1.93. The monoisotopic (exact) mass is 753 g/mol. The molecule has 0 heterocycles. The molecule has 0 spiro atoms. The van der Waals surface area contributed by atoms with Crippen LogP contribution in [0.2, 0.25) is 0 Å². The Morgan fingerprint density at radius 3 is 0.870 bits per heavy atom. The van der Waals surface area contributed by atoms with Crippen molar-refractivity contribution < 1.29 is 9.90 Å². The lowest BCUT2D eigenvalue weighted by molar-refractivity contribution is -0.137. The first-order valence-electron chi connectivity index (χ1n) is 23.7. The first kappa shape index (κ1) is 56.2. The molecule has 0 fully saturated rings. The summed E-state index contributed by atoms with van der Waals surface area (Å²) in [7, 11) is 0. The van der Waals surface area contributed by atoms with Crippen molar-refractivity contribution in [1.82, 2.24) is 0 Å². The topological polar surface area (TPSA) is 37.3 Å². The predicted octanol–water partition coefficient (Wildman–Crippen LogP) is 18.7. The fourth-order valence-corrected chi connectivity index (χ4v) is 5.97. The van der Waals surface area contributed by atoms with Gasteiger partial charge in [-0.25, -0.2) is 0 Å². The van der Waals surface area contributed by atoms with Gasteiger partial charge in [0.25, 0.3) is 0 Å². The number of aliphatic carboxylic acids is 1. The minimum atomic E-state index is -0.671. The Bertz CT molecular complexity index is 842. The third kappa shape index (κ3) is 64.8. The Balaban J connectivity index is -0.000000766. The van der Waals surface area contributed by atoms with Crippen LogP contribution in [-0.4, -0.2) is 11.1 Å². The summed E-state index contributed by atoms with van der Waals surface area (Å²) in [5.41, 5.74) is 0. The Morgan fingerprint density at radius 1 is 0.333 bits per heavy atom. The lowest BCUT2D eigenvalue weighted by atomic mass is 10.1. The van der Waals surface area contributed by atoms with Crippen LogP contribution in [0.15, 0.2) is 72.9 Å². The highest BCUT2D eigenvalue weighted by Crippen LogP contribution is 2.12. The number of hydrogen-bond acceptors (Lipinski definition) is 1. The van der Waals surface area contributed by atoms with E-state index in [1.54, 1.807) is 0 Å². The average Bonchev–Trinajstić information content (AvgIpc) is 3.17. The SMILES string of the molecule is C/C=C\C/C=C/CCCCC.CCCCC/C=C/C/C=C/CCCCCCCC(=O)O.CCCCC/C=C/C/C=C/CCCCCCCCCCCCC. The van der Waals surface area contributed by atoms with E-state index in [9.17, 15) is 4.79 Å². The Morgan fingerprint density at radius 2 is 0.574 bits per heavy atom. The summed E-state index contributed by atoms with van der Waals surface area (Å²) in [4.78, 5) is 10.3. The van der Waals surface area contributed by atoms with Crippen LogP contribution in [0.1, 0.15) is 253 Å². The predicted molar refractivity (Wildman–Crippen MR) is 248 cm³/mol. The zero-order valence-corrected chi connectivity index (χ0v) is 37.3. The molecule has 0 rings (SSSR count). The molecule has 2 heteroatoms. The van der Waals surface area contributed by atoms with Crippen LogP contribution >= 0.6 is 0 Å². The van der Waals surface area contributed by atoms with E-state index in [1.807, 2.05) is 0 Å². The van der Waals surface area contributed by atoms with Crippen molar-refractivity contribution in [3.05, 3.63) is 72.9 Å². The van der Waals surface area contributed by atoms with Crippen LogP contribution in [-0.2, 0) is 4.79 Å². The van der Waals surface area contributed by atoms with Gasteiger partial charge in [0.2, 0.25) is 0 Å². The van der Waals surface area contributed by atoms with E-state index in [0.29, 0.717) is 6.42 Å².